The number of Topliss-reactive ketones (excluding diaryl/α,β-unsaturated/α-hetero) is 1. The number of hydrazone groups is 1. The van der Waals surface area contributed by atoms with Gasteiger partial charge >= 0.3 is 6.03 Å². The molecule has 28 heteroatoms. The van der Waals surface area contributed by atoms with Crippen LogP contribution in [0.2, 0.25) is 0 Å². The van der Waals surface area contributed by atoms with Crippen molar-refractivity contribution < 1.29 is 70.5 Å². The van der Waals surface area contributed by atoms with Gasteiger partial charge in [-0.1, -0.05) is 44.2 Å². The Morgan fingerprint density at radius 2 is 0.941 bits per heavy atom. The molecule has 1 aliphatic rings. The summed E-state index contributed by atoms with van der Waals surface area (Å²) in [6.45, 7) is 5.15. The number of rotatable bonds is 27. The molecular weight excluding hydrogens is 1140 g/mol. The fourth-order valence-corrected chi connectivity index (χ4v) is 10.1. The molecule has 0 aliphatic heterocycles. The number of nitrogens with two attached hydrogens (primary N) is 2. The van der Waals surface area contributed by atoms with E-state index >= 15 is 0 Å². The highest BCUT2D eigenvalue weighted by Gasteiger charge is 2.27. The summed E-state index contributed by atoms with van der Waals surface area (Å²) in [5.41, 5.74) is 17.4. The van der Waals surface area contributed by atoms with Gasteiger partial charge < -0.3 is 53.4 Å². The number of fused-ring (bicyclic) bond motifs is 2. The van der Waals surface area contributed by atoms with Crippen LogP contribution in [0, 0.1) is 0 Å². The number of hydrogen-bond donors (Lipinski definition) is 13. The fraction of sp³-hybridized carbons (Fsp3) is 0.316. The Morgan fingerprint density at radius 1 is 0.518 bits per heavy atom. The molecule has 456 valence electrons. The van der Waals surface area contributed by atoms with E-state index in [1.807, 2.05) is 13.8 Å². The molecule has 5 aromatic carbocycles. The summed E-state index contributed by atoms with van der Waals surface area (Å²) in [5.74, 6) is -2.37. The molecule has 0 bridgehead atoms. The van der Waals surface area contributed by atoms with Crippen LogP contribution >= 0.6 is 0 Å². The summed E-state index contributed by atoms with van der Waals surface area (Å²) in [6, 6.07) is 25.4. The highest BCUT2D eigenvalue weighted by Crippen LogP contribution is 2.31. The standard InChI is InChI=1S/C21H23N3O4.C20H25N5O6S2.C16H23N3O5/c1-14(25)15-6-4-8-17(12-15)23-19(26)10-2-3-11-20(27)24-18-9-5-7-16(13-18)21(22)28;1-2-7-22-32(28,29)15-5-3-13-10-14-4-6-16(33(30,31)23-8-9-26)12-18(14)19(17(13)11-15)24-25-20(21)27;1-2-3-17-14(22)11-8-12(15(23)18-4-6-20)10-13(9-11)16(24)19-5-7-21/h4-9,12-13H,2-3,10-11H2,1H3,(H2,22,28)(H,23,26)(H,24,27);3-6,11-12,22-23,26H,2,7-10H2,1H3,(H3,21,25,27);8-10,20-21H,2-7H2,1H3,(H,17,22)(H,18,23)(H,19,24)/b;24-19-;. The number of nitrogens with one attached hydrogen (secondary N) is 8. The van der Waals surface area contributed by atoms with Crippen molar-refractivity contribution in [1.29, 1.82) is 0 Å². The number of unbranched alkanes of at least 4 members (excludes halogenated alkanes) is 1. The molecule has 0 atom stereocenters. The number of anilines is 2. The average Bonchev–Trinajstić information content (AvgIpc) is 1.16. The Morgan fingerprint density at radius 3 is 1.35 bits per heavy atom. The van der Waals surface area contributed by atoms with Gasteiger partial charge in [-0.2, -0.15) is 5.10 Å². The summed E-state index contributed by atoms with van der Waals surface area (Å²) in [6.07, 6.45) is 3.39. The van der Waals surface area contributed by atoms with Gasteiger partial charge in [0, 0.05) is 95.9 Å². The van der Waals surface area contributed by atoms with Gasteiger partial charge in [0.15, 0.2) is 5.78 Å². The van der Waals surface area contributed by atoms with Crippen molar-refractivity contribution >= 4 is 84.4 Å². The summed E-state index contributed by atoms with van der Waals surface area (Å²) in [7, 11) is -7.69. The SMILES string of the molecule is CC(=O)c1cccc(NC(=O)CCCCC(=O)Nc2cccc(C(N)=O)c2)c1.CCCNC(=O)c1cc(C(=O)NCCO)cc(C(=O)NCCO)c1.CCCNS(=O)(=O)c1ccc2c(c1)/C(=N/NC(N)=O)c1cc(S(=O)(=O)NCCO)ccc1C2. The summed E-state index contributed by atoms with van der Waals surface area (Å²) < 4.78 is 55.1. The van der Waals surface area contributed by atoms with E-state index in [1.165, 1.54) is 55.5 Å². The number of aliphatic hydroxyl groups excluding tert-OH is 3. The number of aliphatic hydroxyl groups is 3. The maximum absolute atomic E-state index is 12.6. The molecule has 6 rings (SSSR count). The monoisotopic (exact) mass is 1210 g/mol. The van der Waals surface area contributed by atoms with Crippen LogP contribution in [0.25, 0.3) is 0 Å². The van der Waals surface area contributed by atoms with Gasteiger partial charge in [-0.05, 0) is 123 Å². The molecule has 8 amide bonds. The highest BCUT2D eigenvalue weighted by molar-refractivity contribution is 7.89. The van der Waals surface area contributed by atoms with Crippen molar-refractivity contribution in [1.82, 2.24) is 30.8 Å². The van der Waals surface area contributed by atoms with Gasteiger partial charge in [-0.3, -0.25) is 33.6 Å². The molecule has 26 nitrogen and oxygen atoms in total. The molecule has 85 heavy (non-hydrogen) atoms. The first-order valence-electron chi connectivity index (χ1n) is 26.8. The highest BCUT2D eigenvalue weighted by atomic mass is 32.2. The third kappa shape index (κ3) is 22.1. The summed E-state index contributed by atoms with van der Waals surface area (Å²) in [4.78, 5) is 94.0. The average molecular weight is 1210 g/mol. The maximum atomic E-state index is 12.6. The lowest BCUT2D eigenvalue weighted by Crippen LogP contribution is -2.30. The van der Waals surface area contributed by atoms with E-state index in [4.69, 9.17) is 26.8 Å². The number of sulfonamides is 2. The quantitative estimate of drug-likeness (QED) is 0.0200. The molecule has 0 radical (unpaired) electrons. The Labute approximate surface area is 492 Å². The van der Waals surface area contributed by atoms with Crippen molar-refractivity contribution in [3.63, 3.8) is 0 Å². The molecule has 0 spiro atoms. The van der Waals surface area contributed by atoms with E-state index in [2.05, 4.69) is 46.6 Å². The number of carbonyl (C=O) groups excluding carboxylic acids is 8. The molecule has 0 saturated carbocycles. The van der Waals surface area contributed by atoms with E-state index in [9.17, 15) is 55.2 Å². The molecule has 0 unspecified atom stereocenters. The van der Waals surface area contributed by atoms with Crippen LogP contribution in [-0.4, -0.2) is 138 Å². The number of benzene rings is 5. The van der Waals surface area contributed by atoms with Crippen LogP contribution in [0.5, 0.6) is 0 Å². The van der Waals surface area contributed by atoms with E-state index < -0.39 is 43.8 Å². The second-order valence-corrected chi connectivity index (χ2v) is 22.2. The number of nitrogens with zero attached hydrogens (tertiary/aromatic N) is 1. The third-order valence-corrected chi connectivity index (χ3v) is 14.9. The summed E-state index contributed by atoms with van der Waals surface area (Å²) in [5, 5.41) is 43.6. The van der Waals surface area contributed by atoms with Gasteiger partial charge in [0.05, 0.1) is 35.3 Å². The van der Waals surface area contributed by atoms with E-state index in [0.29, 0.717) is 65.9 Å². The predicted octanol–water partition coefficient (Wildman–Crippen LogP) is 2.37. The number of ketones is 1. The van der Waals surface area contributed by atoms with Crippen LogP contribution < -0.4 is 52.9 Å². The van der Waals surface area contributed by atoms with Crippen LogP contribution in [0.4, 0.5) is 16.2 Å². The van der Waals surface area contributed by atoms with Crippen molar-refractivity contribution in [2.24, 2.45) is 16.6 Å². The molecule has 0 saturated heterocycles. The number of carbonyl (C=O) groups is 8. The van der Waals surface area contributed by atoms with E-state index in [0.717, 1.165) is 17.5 Å². The van der Waals surface area contributed by atoms with Crippen LogP contribution in [0.1, 0.15) is 133 Å². The van der Waals surface area contributed by atoms with Crippen molar-refractivity contribution in [2.75, 3.05) is 63.2 Å². The zero-order valence-corrected chi connectivity index (χ0v) is 48.7. The van der Waals surface area contributed by atoms with Gasteiger partial charge in [-0.25, -0.2) is 36.5 Å². The first kappa shape index (κ1) is 68.7. The number of urea groups is 1. The number of hydrogen-bond acceptors (Lipinski definition) is 16. The van der Waals surface area contributed by atoms with Gasteiger partial charge in [-0.15, -0.1) is 0 Å². The van der Waals surface area contributed by atoms with Gasteiger partial charge in [0.2, 0.25) is 37.8 Å². The van der Waals surface area contributed by atoms with Crippen LogP contribution in [0.15, 0.2) is 118 Å². The second kappa shape index (κ2) is 34.1. The normalized spacial score (nSPS) is 11.9. The minimum Gasteiger partial charge on any atom is -0.395 e. The Kier molecular flexibility index (Phi) is 27.6. The first-order valence-corrected chi connectivity index (χ1v) is 29.8. The lowest BCUT2D eigenvalue weighted by Gasteiger charge is -2.23. The minimum atomic E-state index is -3.91. The second-order valence-electron chi connectivity index (χ2n) is 18.7. The van der Waals surface area contributed by atoms with Crippen LogP contribution in [-0.2, 0) is 36.1 Å². The van der Waals surface area contributed by atoms with Gasteiger partial charge in [0.1, 0.15) is 0 Å². The van der Waals surface area contributed by atoms with Crippen molar-refractivity contribution in [2.45, 2.75) is 75.5 Å². The van der Waals surface area contributed by atoms with E-state index in [1.54, 1.807) is 54.6 Å². The molecule has 15 N–H and O–H groups in total. The largest absolute Gasteiger partial charge is 0.395 e. The minimum absolute atomic E-state index is 0.0123. The van der Waals surface area contributed by atoms with Crippen molar-refractivity contribution in [3.05, 3.63) is 153 Å². The molecule has 0 heterocycles. The molecule has 1 aliphatic carbocycles. The van der Waals surface area contributed by atoms with Crippen molar-refractivity contribution in [3.8, 4) is 0 Å². The lowest BCUT2D eigenvalue weighted by atomic mass is 9.84. The lowest BCUT2D eigenvalue weighted by molar-refractivity contribution is -0.118. The van der Waals surface area contributed by atoms with Gasteiger partial charge in [0.25, 0.3) is 17.7 Å². The smallest absolute Gasteiger partial charge is 0.332 e. The summed E-state index contributed by atoms with van der Waals surface area (Å²) >= 11 is 0. The Balaban J connectivity index is 0.000000277. The third-order valence-electron chi connectivity index (χ3n) is 12.0. The predicted molar refractivity (Wildman–Crippen MR) is 317 cm³/mol. The molecule has 5 aromatic rings. The first-order chi connectivity index (χ1) is 40.5. The zero-order chi connectivity index (χ0) is 62.7. The Hall–Kier alpha value is -8.77. The van der Waals surface area contributed by atoms with E-state index in [-0.39, 0.29) is 115 Å². The topological polar surface area (TPSA) is 426 Å². The van der Waals surface area contributed by atoms with Crippen LogP contribution in [0.3, 0.4) is 0 Å². The Bertz CT molecular complexity index is 3230. The number of primary amides is 2. The maximum Gasteiger partial charge on any atom is 0.332 e. The fourth-order valence-electron chi connectivity index (χ4n) is 7.85. The molecule has 0 aromatic heterocycles. The molecule has 0 fully saturated rings. The number of amides is 8. The zero-order valence-electron chi connectivity index (χ0n) is 47.1. The molecular formula is C57H71N11O15S2.